The first kappa shape index (κ1) is 19.7. The lowest BCUT2D eigenvalue weighted by molar-refractivity contribution is 0.132. The first-order chi connectivity index (χ1) is 14.4. The van der Waals surface area contributed by atoms with E-state index in [0.29, 0.717) is 17.3 Å². The number of urea groups is 1. The Kier molecular flexibility index (Phi) is 4.72. The van der Waals surface area contributed by atoms with Crippen LogP contribution in [0.1, 0.15) is 54.9 Å². The molecule has 0 bridgehead atoms. The number of aromatic nitrogens is 2. The molecular formula is C21H26N4O4S. The van der Waals surface area contributed by atoms with Gasteiger partial charge in [0.2, 0.25) is 0 Å². The van der Waals surface area contributed by atoms with Crippen LogP contribution in [0.15, 0.2) is 17.2 Å². The molecule has 30 heavy (non-hydrogen) atoms. The second-order valence-electron chi connectivity index (χ2n) is 8.89. The molecular weight excluding hydrogens is 404 g/mol. The lowest BCUT2D eigenvalue weighted by Gasteiger charge is -2.20. The Morgan fingerprint density at radius 2 is 2.23 bits per heavy atom. The SMILES string of the molecule is CC1(C)Cn2ncc([S+]([O-])NC(=O)Nc3c4c(cc5c3[C@H](CO)CC5)CCC4)c2O1. The molecule has 2 aromatic rings. The van der Waals surface area contributed by atoms with Gasteiger partial charge in [-0.3, -0.25) is 0 Å². The molecule has 2 amide bonds. The van der Waals surface area contributed by atoms with E-state index in [-0.39, 0.29) is 12.5 Å². The Labute approximate surface area is 178 Å². The lowest BCUT2D eigenvalue weighted by atomic mass is 9.94. The third-order valence-corrected chi connectivity index (χ3v) is 7.25. The highest BCUT2D eigenvalue weighted by molar-refractivity contribution is 7.90. The number of ether oxygens (including phenoxy) is 1. The monoisotopic (exact) mass is 430 g/mol. The van der Waals surface area contributed by atoms with Gasteiger partial charge in [0.05, 0.1) is 13.2 Å². The zero-order chi connectivity index (χ0) is 21.0. The number of hydrogen-bond donors (Lipinski definition) is 3. The van der Waals surface area contributed by atoms with Gasteiger partial charge in [0.15, 0.2) is 0 Å². The molecule has 0 saturated carbocycles. The van der Waals surface area contributed by atoms with Crippen molar-refractivity contribution < 1.29 is 19.2 Å². The molecule has 160 valence electrons. The largest absolute Gasteiger partial charge is 0.588 e. The maximum Gasteiger partial charge on any atom is 0.361 e. The molecule has 2 aliphatic carbocycles. The summed E-state index contributed by atoms with van der Waals surface area (Å²) < 4.78 is 22.9. The minimum atomic E-state index is -1.80. The van der Waals surface area contributed by atoms with E-state index in [1.807, 2.05) is 13.8 Å². The maximum atomic E-state index is 12.8. The summed E-state index contributed by atoms with van der Waals surface area (Å²) in [5.74, 6) is 0.460. The number of aryl methyl sites for hydroxylation is 2. The number of carbonyl (C=O) groups excluding carboxylic acids is 1. The number of benzene rings is 1. The van der Waals surface area contributed by atoms with E-state index in [2.05, 4.69) is 21.2 Å². The summed E-state index contributed by atoms with van der Waals surface area (Å²) in [6.07, 6.45) is 6.22. The molecule has 5 rings (SSSR count). The highest BCUT2D eigenvalue weighted by Gasteiger charge is 2.38. The molecule has 8 nitrogen and oxygen atoms in total. The Morgan fingerprint density at radius 1 is 1.40 bits per heavy atom. The predicted molar refractivity (Wildman–Crippen MR) is 112 cm³/mol. The summed E-state index contributed by atoms with van der Waals surface area (Å²) in [6.45, 7) is 4.49. The molecule has 2 heterocycles. The predicted octanol–water partition coefficient (Wildman–Crippen LogP) is 2.41. The Hall–Kier alpha value is -2.23. The third kappa shape index (κ3) is 3.25. The molecule has 0 fully saturated rings. The molecule has 2 atom stereocenters. The minimum Gasteiger partial charge on any atom is -0.588 e. The van der Waals surface area contributed by atoms with Crippen LogP contribution in [-0.2, 0) is 37.2 Å². The number of amides is 2. The molecule has 3 N–H and O–H groups in total. The number of rotatable bonds is 4. The number of hydrogen-bond acceptors (Lipinski definition) is 5. The van der Waals surface area contributed by atoms with Crippen molar-refractivity contribution in [3.63, 3.8) is 0 Å². The summed E-state index contributed by atoms with van der Waals surface area (Å²) in [6, 6.07) is 1.71. The van der Waals surface area contributed by atoms with E-state index < -0.39 is 23.0 Å². The van der Waals surface area contributed by atoms with Crippen LogP contribution >= 0.6 is 0 Å². The number of nitrogens with one attached hydrogen (secondary N) is 2. The second kappa shape index (κ2) is 7.18. The van der Waals surface area contributed by atoms with E-state index in [9.17, 15) is 14.5 Å². The quantitative estimate of drug-likeness (QED) is 0.645. The first-order valence-corrected chi connectivity index (χ1v) is 11.5. The fraction of sp³-hybridized carbons (Fsp3) is 0.524. The van der Waals surface area contributed by atoms with Crippen molar-refractivity contribution in [1.82, 2.24) is 14.5 Å². The van der Waals surface area contributed by atoms with Crippen LogP contribution in [0.3, 0.4) is 0 Å². The Morgan fingerprint density at radius 3 is 3.03 bits per heavy atom. The van der Waals surface area contributed by atoms with Crippen LogP contribution in [-0.4, -0.2) is 37.7 Å². The fourth-order valence-electron chi connectivity index (χ4n) is 4.93. The summed E-state index contributed by atoms with van der Waals surface area (Å²) in [5.41, 5.74) is 5.03. The van der Waals surface area contributed by atoms with Gasteiger partial charge in [-0.05, 0) is 68.2 Å². The van der Waals surface area contributed by atoms with Gasteiger partial charge in [0, 0.05) is 11.6 Å². The van der Waals surface area contributed by atoms with Crippen molar-refractivity contribution in [2.75, 3.05) is 11.9 Å². The van der Waals surface area contributed by atoms with Crippen LogP contribution in [0.2, 0.25) is 0 Å². The standard InChI is InChI=1S/C21H26N4O4S/c1-21(2)11-25-19(29-21)16(9-22-25)30(28)24-20(27)23-18-15-5-3-4-12(15)8-13-6-7-14(10-26)17(13)18/h8-9,14,26H,3-7,10-11H2,1-2H3,(H2,23,24,27)/t14-,30?/m0/s1. The van der Waals surface area contributed by atoms with Crippen LogP contribution in [0.25, 0.3) is 0 Å². The molecule has 1 aliphatic heterocycles. The summed E-state index contributed by atoms with van der Waals surface area (Å²) >= 11 is -1.80. The van der Waals surface area contributed by atoms with Crippen LogP contribution in [0, 0.1) is 0 Å². The number of fused-ring (bicyclic) bond motifs is 3. The van der Waals surface area contributed by atoms with Crippen molar-refractivity contribution in [2.24, 2.45) is 0 Å². The summed E-state index contributed by atoms with van der Waals surface area (Å²) in [7, 11) is 0. The Bertz CT molecular complexity index is 1020. The van der Waals surface area contributed by atoms with Crippen molar-refractivity contribution in [3.8, 4) is 5.88 Å². The third-order valence-electron chi connectivity index (χ3n) is 6.20. The van der Waals surface area contributed by atoms with E-state index in [1.54, 1.807) is 4.68 Å². The number of aliphatic hydroxyl groups excluding tert-OH is 1. The van der Waals surface area contributed by atoms with Crippen LogP contribution in [0.4, 0.5) is 10.5 Å². The van der Waals surface area contributed by atoms with Crippen molar-refractivity contribution in [1.29, 1.82) is 0 Å². The Balaban J connectivity index is 1.37. The van der Waals surface area contributed by atoms with Crippen molar-refractivity contribution >= 4 is 23.1 Å². The topological polar surface area (TPSA) is 111 Å². The molecule has 1 unspecified atom stereocenters. The second-order valence-corrected chi connectivity index (χ2v) is 10.1. The highest BCUT2D eigenvalue weighted by Crippen LogP contribution is 2.44. The van der Waals surface area contributed by atoms with Gasteiger partial charge in [-0.25, -0.2) is 9.48 Å². The van der Waals surface area contributed by atoms with E-state index >= 15 is 0 Å². The van der Waals surface area contributed by atoms with Gasteiger partial charge in [-0.15, -0.1) is 4.72 Å². The molecule has 0 saturated heterocycles. The van der Waals surface area contributed by atoms with Gasteiger partial charge in [0.25, 0.3) is 10.8 Å². The summed E-state index contributed by atoms with van der Waals surface area (Å²) in [5, 5.41) is 17.0. The minimum absolute atomic E-state index is 0.0290. The van der Waals surface area contributed by atoms with Crippen molar-refractivity contribution in [3.05, 3.63) is 34.5 Å². The zero-order valence-electron chi connectivity index (χ0n) is 17.2. The van der Waals surface area contributed by atoms with Crippen LogP contribution in [0.5, 0.6) is 5.88 Å². The van der Waals surface area contributed by atoms with Gasteiger partial charge in [-0.1, -0.05) is 6.07 Å². The van der Waals surface area contributed by atoms with E-state index in [1.165, 1.54) is 17.3 Å². The molecule has 3 aliphatic rings. The molecule has 9 heteroatoms. The van der Waals surface area contributed by atoms with E-state index in [4.69, 9.17) is 4.74 Å². The van der Waals surface area contributed by atoms with Gasteiger partial charge >= 0.3 is 6.03 Å². The number of anilines is 1. The molecule has 1 aromatic heterocycles. The maximum absolute atomic E-state index is 12.8. The highest BCUT2D eigenvalue weighted by atomic mass is 32.2. The smallest absolute Gasteiger partial charge is 0.361 e. The average Bonchev–Trinajstić information content (AvgIpc) is 3.43. The number of aliphatic hydroxyl groups is 1. The fourth-order valence-corrected chi connectivity index (χ4v) is 5.71. The average molecular weight is 431 g/mol. The number of carbonyl (C=O) groups is 1. The summed E-state index contributed by atoms with van der Waals surface area (Å²) in [4.78, 5) is 13.1. The van der Waals surface area contributed by atoms with Gasteiger partial charge in [0.1, 0.15) is 23.2 Å². The molecule has 1 aromatic carbocycles. The zero-order valence-corrected chi connectivity index (χ0v) is 18.0. The van der Waals surface area contributed by atoms with Gasteiger partial charge in [-0.2, -0.15) is 5.10 Å². The van der Waals surface area contributed by atoms with Gasteiger partial charge < -0.3 is 19.7 Å². The molecule has 0 spiro atoms. The first-order valence-electron chi connectivity index (χ1n) is 10.4. The van der Waals surface area contributed by atoms with E-state index in [0.717, 1.165) is 48.9 Å². The van der Waals surface area contributed by atoms with Crippen molar-refractivity contribution in [2.45, 2.75) is 68.9 Å². The van der Waals surface area contributed by atoms with Crippen LogP contribution < -0.4 is 14.8 Å². The lowest BCUT2D eigenvalue weighted by Crippen LogP contribution is -2.35. The number of nitrogens with zero attached hydrogens (tertiary/aromatic N) is 2. The molecule has 0 radical (unpaired) electrons. The normalized spacial score (nSPS) is 21.5.